The molecule has 0 fully saturated rings. The van der Waals surface area contributed by atoms with Crippen molar-refractivity contribution in [3.8, 4) is 17.0 Å². The highest BCUT2D eigenvalue weighted by atomic mass is 32.1. The molecule has 19 heavy (non-hydrogen) atoms. The summed E-state index contributed by atoms with van der Waals surface area (Å²) in [5.41, 5.74) is 8.72. The number of hydrogen-bond donors (Lipinski definition) is 1. The van der Waals surface area contributed by atoms with Crippen LogP contribution in [-0.2, 0) is 6.54 Å². The summed E-state index contributed by atoms with van der Waals surface area (Å²) in [7, 11) is 0. The van der Waals surface area contributed by atoms with Gasteiger partial charge in [0.1, 0.15) is 5.75 Å². The number of nitrogens with two attached hydrogens (primary N) is 1. The molecular formula is C14H15N3OS. The molecule has 2 heterocycles. The van der Waals surface area contributed by atoms with Gasteiger partial charge in [-0.2, -0.15) is 0 Å². The van der Waals surface area contributed by atoms with Crippen LogP contribution in [0.15, 0.2) is 35.8 Å². The molecule has 0 bridgehead atoms. The van der Waals surface area contributed by atoms with Crippen molar-refractivity contribution >= 4 is 16.3 Å². The van der Waals surface area contributed by atoms with Gasteiger partial charge in [0.25, 0.3) is 0 Å². The zero-order valence-electron chi connectivity index (χ0n) is 10.7. The first-order chi connectivity index (χ1) is 9.33. The lowest BCUT2D eigenvalue weighted by Gasteiger charge is -2.08. The van der Waals surface area contributed by atoms with E-state index in [0.29, 0.717) is 13.2 Å². The van der Waals surface area contributed by atoms with Crippen LogP contribution in [0.1, 0.15) is 12.6 Å². The standard InChI is InChI=1S/C14H15N3OS/c1-2-18-13-6-4-3-5-11(13)12-9-19-14-16-10(7-15)8-17(12)14/h3-6,8-9H,2,7,15H2,1H3. The second kappa shape index (κ2) is 5.03. The predicted octanol–water partition coefficient (Wildman–Crippen LogP) is 2.92. The number of hydrogen-bond acceptors (Lipinski definition) is 4. The van der Waals surface area contributed by atoms with E-state index in [4.69, 9.17) is 10.5 Å². The molecular weight excluding hydrogens is 258 g/mol. The van der Waals surface area contributed by atoms with E-state index >= 15 is 0 Å². The normalized spacial score (nSPS) is 11.1. The van der Waals surface area contributed by atoms with Crippen LogP contribution in [0.2, 0.25) is 0 Å². The van der Waals surface area contributed by atoms with Crippen LogP contribution in [0.5, 0.6) is 5.75 Å². The Labute approximate surface area is 115 Å². The fourth-order valence-corrected chi connectivity index (χ4v) is 2.97. The zero-order chi connectivity index (χ0) is 13.2. The largest absolute Gasteiger partial charge is 0.493 e. The summed E-state index contributed by atoms with van der Waals surface area (Å²) < 4.78 is 7.76. The SMILES string of the molecule is CCOc1ccccc1-c1csc2nc(CN)cn12. The van der Waals surface area contributed by atoms with Gasteiger partial charge in [-0.05, 0) is 19.1 Å². The number of fused-ring (bicyclic) bond motifs is 1. The van der Waals surface area contributed by atoms with E-state index in [0.717, 1.165) is 27.7 Å². The lowest BCUT2D eigenvalue weighted by atomic mass is 10.1. The van der Waals surface area contributed by atoms with E-state index in [1.54, 1.807) is 11.3 Å². The second-order valence-electron chi connectivity index (χ2n) is 4.14. The molecule has 3 aromatic rings. The fraction of sp³-hybridized carbons (Fsp3) is 0.214. The van der Waals surface area contributed by atoms with Crippen molar-refractivity contribution in [2.75, 3.05) is 6.61 Å². The molecule has 1 aromatic carbocycles. The first kappa shape index (κ1) is 12.2. The molecule has 0 aliphatic heterocycles. The highest BCUT2D eigenvalue weighted by molar-refractivity contribution is 7.15. The minimum Gasteiger partial charge on any atom is -0.493 e. The Balaban J connectivity index is 2.15. The van der Waals surface area contributed by atoms with Crippen molar-refractivity contribution in [2.45, 2.75) is 13.5 Å². The number of thiazole rings is 1. The van der Waals surface area contributed by atoms with Crippen LogP contribution in [0.4, 0.5) is 0 Å². The first-order valence-corrected chi connectivity index (χ1v) is 7.09. The number of rotatable bonds is 4. The van der Waals surface area contributed by atoms with Crippen LogP contribution in [0.25, 0.3) is 16.2 Å². The minimum atomic E-state index is 0.459. The minimum absolute atomic E-state index is 0.459. The predicted molar refractivity (Wildman–Crippen MR) is 77.6 cm³/mol. The van der Waals surface area contributed by atoms with Crippen LogP contribution >= 0.6 is 11.3 Å². The number of nitrogens with zero attached hydrogens (tertiary/aromatic N) is 2. The van der Waals surface area contributed by atoms with Gasteiger partial charge in [0.05, 0.1) is 18.0 Å². The average molecular weight is 273 g/mol. The third-order valence-electron chi connectivity index (χ3n) is 2.93. The highest BCUT2D eigenvalue weighted by Gasteiger charge is 2.12. The Bertz CT molecular complexity index is 702. The molecule has 0 saturated carbocycles. The maximum Gasteiger partial charge on any atom is 0.194 e. The molecule has 0 saturated heterocycles. The summed E-state index contributed by atoms with van der Waals surface area (Å²) in [6.45, 7) is 3.10. The smallest absolute Gasteiger partial charge is 0.194 e. The Morgan fingerprint density at radius 2 is 2.21 bits per heavy atom. The number of ether oxygens (including phenoxy) is 1. The van der Waals surface area contributed by atoms with Crippen molar-refractivity contribution in [3.05, 3.63) is 41.5 Å². The molecule has 98 valence electrons. The van der Waals surface area contributed by atoms with Crippen molar-refractivity contribution in [1.29, 1.82) is 0 Å². The fourth-order valence-electron chi connectivity index (χ4n) is 2.08. The van der Waals surface area contributed by atoms with Gasteiger partial charge in [-0.1, -0.05) is 12.1 Å². The van der Waals surface area contributed by atoms with Crippen LogP contribution in [-0.4, -0.2) is 16.0 Å². The molecule has 0 spiro atoms. The maximum atomic E-state index is 5.69. The van der Waals surface area contributed by atoms with Crippen LogP contribution < -0.4 is 10.5 Å². The molecule has 0 amide bonds. The van der Waals surface area contributed by atoms with Crippen molar-refractivity contribution < 1.29 is 4.74 Å². The monoisotopic (exact) mass is 273 g/mol. The van der Waals surface area contributed by atoms with E-state index in [1.165, 1.54) is 0 Å². The van der Waals surface area contributed by atoms with Gasteiger partial charge in [-0.3, -0.25) is 4.40 Å². The Morgan fingerprint density at radius 1 is 1.37 bits per heavy atom. The van der Waals surface area contributed by atoms with E-state index in [1.807, 2.05) is 31.3 Å². The number of imidazole rings is 1. The van der Waals surface area contributed by atoms with Crippen LogP contribution in [0.3, 0.4) is 0 Å². The summed E-state index contributed by atoms with van der Waals surface area (Å²) in [5.74, 6) is 0.896. The van der Waals surface area contributed by atoms with E-state index in [9.17, 15) is 0 Å². The summed E-state index contributed by atoms with van der Waals surface area (Å²) in [4.78, 5) is 5.43. The Morgan fingerprint density at radius 3 is 3.00 bits per heavy atom. The van der Waals surface area contributed by atoms with Gasteiger partial charge in [0.15, 0.2) is 4.96 Å². The van der Waals surface area contributed by atoms with Crippen molar-refractivity contribution in [3.63, 3.8) is 0 Å². The molecule has 3 rings (SSSR count). The quantitative estimate of drug-likeness (QED) is 0.795. The number of benzene rings is 1. The molecule has 2 aromatic heterocycles. The topological polar surface area (TPSA) is 52.5 Å². The van der Waals surface area contributed by atoms with Gasteiger partial charge < -0.3 is 10.5 Å². The maximum absolute atomic E-state index is 5.69. The average Bonchev–Trinajstić information content (AvgIpc) is 2.99. The second-order valence-corrected chi connectivity index (χ2v) is 4.98. The van der Waals surface area contributed by atoms with Crippen molar-refractivity contribution in [2.24, 2.45) is 5.73 Å². The van der Waals surface area contributed by atoms with Crippen LogP contribution in [0, 0.1) is 0 Å². The van der Waals surface area contributed by atoms with E-state index in [-0.39, 0.29) is 0 Å². The summed E-state index contributed by atoms with van der Waals surface area (Å²) in [6.07, 6.45) is 1.99. The third-order valence-corrected chi connectivity index (χ3v) is 3.77. The number of aromatic nitrogens is 2. The Hall–Kier alpha value is -1.85. The molecule has 5 heteroatoms. The summed E-state index contributed by atoms with van der Waals surface area (Å²) >= 11 is 1.61. The first-order valence-electron chi connectivity index (χ1n) is 6.21. The van der Waals surface area contributed by atoms with E-state index < -0.39 is 0 Å². The van der Waals surface area contributed by atoms with Gasteiger partial charge in [-0.15, -0.1) is 11.3 Å². The lowest BCUT2D eigenvalue weighted by molar-refractivity contribution is 0.341. The van der Waals surface area contributed by atoms with E-state index in [2.05, 4.69) is 20.8 Å². The highest BCUT2D eigenvalue weighted by Crippen LogP contribution is 2.33. The third kappa shape index (κ3) is 2.11. The molecule has 0 atom stereocenters. The molecule has 0 aliphatic carbocycles. The summed E-state index contributed by atoms with van der Waals surface area (Å²) in [5, 5.41) is 2.10. The Kier molecular flexibility index (Phi) is 3.23. The van der Waals surface area contributed by atoms with Gasteiger partial charge >= 0.3 is 0 Å². The van der Waals surface area contributed by atoms with Gasteiger partial charge in [0, 0.05) is 23.7 Å². The summed E-state index contributed by atoms with van der Waals surface area (Å²) in [6, 6.07) is 8.05. The molecule has 0 aliphatic rings. The molecule has 0 radical (unpaired) electrons. The molecule has 4 nitrogen and oxygen atoms in total. The van der Waals surface area contributed by atoms with Crippen molar-refractivity contribution in [1.82, 2.24) is 9.38 Å². The van der Waals surface area contributed by atoms with Gasteiger partial charge in [-0.25, -0.2) is 4.98 Å². The lowest BCUT2D eigenvalue weighted by Crippen LogP contribution is -1.96. The number of para-hydroxylation sites is 1. The molecule has 0 unspecified atom stereocenters. The zero-order valence-corrected chi connectivity index (χ0v) is 11.5. The molecule has 2 N–H and O–H groups in total. The van der Waals surface area contributed by atoms with Gasteiger partial charge in [0.2, 0.25) is 0 Å².